The Morgan fingerprint density at radius 3 is 2.70 bits per heavy atom. The fourth-order valence-corrected chi connectivity index (χ4v) is 0.945. The van der Waals surface area contributed by atoms with Gasteiger partial charge in [-0.3, -0.25) is 0 Å². The predicted octanol–water partition coefficient (Wildman–Crippen LogP) is -0.504. The van der Waals surface area contributed by atoms with Crippen molar-refractivity contribution in [2.45, 2.75) is 0 Å². The summed E-state index contributed by atoms with van der Waals surface area (Å²) in [5.74, 6) is 0.517. The number of nitrogen functional groups attached to an aromatic ring is 1. The molecule has 1 rings (SSSR count). The van der Waals surface area contributed by atoms with Crippen LogP contribution in [0, 0.1) is 5.41 Å². The SMILES string of the molecule is Cn1cnc(C(=N)[Se])c1N. The van der Waals surface area contributed by atoms with Gasteiger partial charge in [-0.15, -0.1) is 0 Å². The van der Waals surface area contributed by atoms with Gasteiger partial charge in [0.1, 0.15) is 0 Å². The van der Waals surface area contributed by atoms with Gasteiger partial charge in [-0.1, -0.05) is 0 Å². The van der Waals surface area contributed by atoms with Crippen LogP contribution in [0.25, 0.3) is 0 Å². The van der Waals surface area contributed by atoms with Gasteiger partial charge in [0.15, 0.2) is 0 Å². The van der Waals surface area contributed by atoms with Crippen molar-refractivity contribution in [3.05, 3.63) is 12.0 Å². The Balaban J connectivity index is 3.17. The molecule has 1 heterocycles. The minimum atomic E-state index is 0.276. The molecule has 0 aromatic carbocycles. The number of hydrogen-bond acceptors (Lipinski definition) is 3. The maximum absolute atomic E-state index is 7.18. The second-order valence-electron chi connectivity index (χ2n) is 1.92. The number of imidazole rings is 1. The Labute approximate surface area is 66.8 Å². The van der Waals surface area contributed by atoms with Crippen LogP contribution in [0.15, 0.2) is 6.33 Å². The van der Waals surface area contributed by atoms with E-state index in [-0.39, 0.29) is 4.61 Å². The summed E-state index contributed by atoms with van der Waals surface area (Å²) in [5.41, 5.74) is 6.06. The van der Waals surface area contributed by atoms with Gasteiger partial charge in [0.05, 0.1) is 0 Å². The van der Waals surface area contributed by atoms with Gasteiger partial charge in [-0.05, 0) is 0 Å². The van der Waals surface area contributed by atoms with E-state index < -0.39 is 0 Å². The van der Waals surface area contributed by atoms with Crippen LogP contribution in [0.4, 0.5) is 5.82 Å². The van der Waals surface area contributed by atoms with E-state index in [1.807, 2.05) is 0 Å². The van der Waals surface area contributed by atoms with Crippen LogP contribution < -0.4 is 5.73 Å². The summed E-state index contributed by atoms with van der Waals surface area (Å²) in [6, 6.07) is 0. The van der Waals surface area contributed by atoms with Crippen molar-refractivity contribution in [3.8, 4) is 0 Å². The Morgan fingerprint density at radius 1 is 1.90 bits per heavy atom. The normalized spacial score (nSPS) is 9.70. The van der Waals surface area contributed by atoms with Crippen molar-refractivity contribution >= 4 is 26.4 Å². The van der Waals surface area contributed by atoms with Gasteiger partial charge in [-0.25, -0.2) is 0 Å². The van der Waals surface area contributed by atoms with Crippen molar-refractivity contribution < 1.29 is 0 Å². The molecule has 0 atom stereocenters. The van der Waals surface area contributed by atoms with Crippen LogP contribution in [0.5, 0.6) is 0 Å². The summed E-state index contributed by atoms with van der Waals surface area (Å²) in [6.07, 6.45) is 1.58. The van der Waals surface area contributed by atoms with Gasteiger partial charge in [0.2, 0.25) is 0 Å². The van der Waals surface area contributed by atoms with Gasteiger partial charge < -0.3 is 0 Å². The quantitative estimate of drug-likeness (QED) is 0.476. The molecule has 0 unspecified atom stereocenters. The molecule has 0 aliphatic rings. The number of aromatic nitrogens is 2. The first-order chi connectivity index (χ1) is 4.63. The number of nitrogens with one attached hydrogen (secondary N) is 1. The Bertz CT molecular complexity index is 265. The van der Waals surface area contributed by atoms with Gasteiger partial charge >= 0.3 is 66.2 Å². The summed E-state index contributed by atoms with van der Waals surface area (Å²) >= 11 is 2.54. The molecule has 53 valence electrons. The number of nitrogens with two attached hydrogens (primary N) is 1. The number of anilines is 1. The molecule has 0 aliphatic heterocycles. The van der Waals surface area contributed by atoms with Crippen LogP contribution >= 0.6 is 0 Å². The second kappa shape index (κ2) is 2.44. The predicted molar refractivity (Wildman–Crippen MR) is 40.2 cm³/mol. The van der Waals surface area contributed by atoms with Crippen LogP contribution in [-0.4, -0.2) is 30.2 Å². The second-order valence-corrected chi connectivity index (χ2v) is 2.77. The summed E-state index contributed by atoms with van der Waals surface area (Å²) in [6.45, 7) is 0. The van der Waals surface area contributed by atoms with Crippen LogP contribution in [-0.2, 0) is 7.05 Å². The van der Waals surface area contributed by atoms with Crippen molar-refractivity contribution in [1.82, 2.24) is 9.55 Å². The topological polar surface area (TPSA) is 67.7 Å². The summed E-state index contributed by atoms with van der Waals surface area (Å²) < 4.78 is 1.94. The van der Waals surface area contributed by atoms with Crippen molar-refractivity contribution in [1.29, 1.82) is 5.41 Å². The first kappa shape index (κ1) is 7.31. The number of nitrogens with zero attached hydrogens (tertiary/aromatic N) is 2. The van der Waals surface area contributed by atoms with E-state index in [1.54, 1.807) is 17.9 Å². The number of aryl methyl sites for hydroxylation is 1. The summed E-state index contributed by atoms with van der Waals surface area (Å²) in [4.78, 5) is 3.90. The molecule has 0 spiro atoms. The fraction of sp³-hybridized carbons (Fsp3) is 0.200. The zero-order valence-corrected chi connectivity index (χ0v) is 7.17. The first-order valence-corrected chi connectivity index (χ1v) is 3.51. The van der Waals surface area contributed by atoms with E-state index in [0.29, 0.717) is 11.5 Å². The molecule has 0 saturated heterocycles. The van der Waals surface area contributed by atoms with E-state index in [0.717, 1.165) is 0 Å². The standard InChI is InChI=1S/C5H7N4Se/c1-9-2-8-3(4(9)6)5(7)10/h2,7H,6H2,1H3. The molecular formula is C5H7N4Se. The average molecular weight is 202 g/mol. The Kier molecular flexibility index (Phi) is 1.78. The van der Waals surface area contributed by atoms with E-state index >= 15 is 0 Å². The number of hydrogen-bond donors (Lipinski definition) is 2. The third-order valence-corrected chi connectivity index (χ3v) is 1.60. The molecular weight excluding hydrogens is 195 g/mol. The van der Waals surface area contributed by atoms with Crippen LogP contribution in [0.1, 0.15) is 5.69 Å². The monoisotopic (exact) mass is 203 g/mol. The zero-order chi connectivity index (χ0) is 7.72. The number of rotatable bonds is 1. The van der Waals surface area contributed by atoms with Crippen molar-refractivity contribution in [3.63, 3.8) is 0 Å². The summed E-state index contributed by atoms with van der Waals surface area (Å²) in [5, 5.41) is 7.18. The molecule has 0 fully saturated rings. The molecule has 5 heteroatoms. The van der Waals surface area contributed by atoms with E-state index in [9.17, 15) is 0 Å². The van der Waals surface area contributed by atoms with Crippen LogP contribution in [0.2, 0.25) is 0 Å². The molecule has 0 aliphatic carbocycles. The van der Waals surface area contributed by atoms with E-state index in [4.69, 9.17) is 11.1 Å². The Morgan fingerprint density at radius 2 is 2.50 bits per heavy atom. The molecule has 1 aromatic heterocycles. The summed E-state index contributed by atoms with van der Waals surface area (Å²) in [7, 11) is 1.79. The van der Waals surface area contributed by atoms with E-state index in [1.165, 1.54) is 0 Å². The van der Waals surface area contributed by atoms with Crippen LogP contribution in [0.3, 0.4) is 0 Å². The third kappa shape index (κ3) is 1.05. The van der Waals surface area contributed by atoms with Gasteiger partial charge in [0, 0.05) is 0 Å². The molecule has 1 radical (unpaired) electrons. The maximum atomic E-state index is 7.18. The first-order valence-electron chi connectivity index (χ1n) is 2.65. The molecule has 10 heavy (non-hydrogen) atoms. The molecule has 0 bridgehead atoms. The van der Waals surface area contributed by atoms with Gasteiger partial charge in [0.25, 0.3) is 0 Å². The van der Waals surface area contributed by atoms with Crippen molar-refractivity contribution in [2.24, 2.45) is 7.05 Å². The molecule has 3 N–H and O–H groups in total. The van der Waals surface area contributed by atoms with Crippen molar-refractivity contribution in [2.75, 3.05) is 5.73 Å². The molecule has 0 saturated carbocycles. The van der Waals surface area contributed by atoms with Gasteiger partial charge in [-0.2, -0.15) is 0 Å². The molecule has 0 amide bonds. The van der Waals surface area contributed by atoms with E-state index in [2.05, 4.69) is 21.0 Å². The molecule has 4 nitrogen and oxygen atoms in total. The minimum absolute atomic E-state index is 0.276. The average Bonchev–Trinajstić information content (AvgIpc) is 2.14. The zero-order valence-electron chi connectivity index (χ0n) is 5.46. The fourth-order valence-electron chi connectivity index (χ4n) is 0.615. The molecule has 1 aromatic rings. The Hall–Kier alpha value is -0.801. The third-order valence-electron chi connectivity index (χ3n) is 1.20.